The van der Waals surface area contributed by atoms with Crippen LogP contribution in [-0.4, -0.2) is 72.4 Å². The van der Waals surface area contributed by atoms with Crippen molar-refractivity contribution in [3.8, 4) is 0 Å². The molecule has 0 saturated carbocycles. The lowest BCUT2D eigenvalue weighted by molar-refractivity contribution is 0.143. The minimum Gasteiger partial charge on any atom is -0.442 e. The highest BCUT2D eigenvalue weighted by atomic mass is 32.1. The molecule has 29 heavy (non-hydrogen) atoms. The lowest BCUT2D eigenvalue weighted by Crippen LogP contribution is -2.52. The maximum Gasteiger partial charge on any atom is 0.414 e. The third-order valence-corrected chi connectivity index (χ3v) is 5.79. The van der Waals surface area contributed by atoms with Crippen LogP contribution in [0.3, 0.4) is 0 Å². The second-order valence-corrected chi connectivity index (χ2v) is 8.32. The first-order chi connectivity index (χ1) is 13.8. The van der Waals surface area contributed by atoms with E-state index in [4.69, 9.17) is 34.9 Å². The SMILES string of the molecule is CC(=S)NC[C@H]1CN(c2ccc(N3CCN(C(=S)C(C)N)CC3)c(F)c2)C(=O)O1. The summed E-state index contributed by atoms with van der Waals surface area (Å²) in [6.07, 6.45) is -0.811. The van der Waals surface area contributed by atoms with E-state index in [1.54, 1.807) is 19.1 Å². The first-order valence-electron chi connectivity index (χ1n) is 9.57. The summed E-state index contributed by atoms with van der Waals surface area (Å²) in [6.45, 7) is 7.13. The molecule has 2 heterocycles. The van der Waals surface area contributed by atoms with Gasteiger partial charge < -0.3 is 25.6 Å². The van der Waals surface area contributed by atoms with Crippen molar-refractivity contribution in [1.29, 1.82) is 0 Å². The highest BCUT2D eigenvalue weighted by Gasteiger charge is 2.33. The van der Waals surface area contributed by atoms with Gasteiger partial charge in [0.2, 0.25) is 0 Å². The lowest BCUT2D eigenvalue weighted by Gasteiger charge is -2.38. The first kappa shape index (κ1) is 21.7. The van der Waals surface area contributed by atoms with Gasteiger partial charge in [-0.2, -0.15) is 0 Å². The number of rotatable bonds is 5. The van der Waals surface area contributed by atoms with Crippen molar-refractivity contribution in [2.75, 3.05) is 49.1 Å². The minimum atomic E-state index is -0.482. The molecule has 2 fully saturated rings. The number of nitrogens with one attached hydrogen (secondary N) is 1. The van der Waals surface area contributed by atoms with Gasteiger partial charge in [0.1, 0.15) is 11.9 Å². The Morgan fingerprint density at radius 2 is 2.03 bits per heavy atom. The smallest absolute Gasteiger partial charge is 0.414 e. The predicted octanol–water partition coefficient (Wildman–Crippen LogP) is 1.88. The molecule has 7 nitrogen and oxygen atoms in total. The molecule has 2 aliphatic rings. The molecule has 2 aliphatic heterocycles. The molecule has 2 saturated heterocycles. The Labute approximate surface area is 180 Å². The van der Waals surface area contributed by atoms with Gasteiger partial charge in [0.15, 0.2) is 0 Å². The van der Waals surface area contributed by atoms with Gasteiger partial charge >= 0.3 is 6.09 Å². The summed E-state index contributed by atoms with van der Waals surface area (Å²) in [5.74, 6) is -0.366. The molecule has 1 aromatic carbocycles. The maximum absolute atomic E-state index is 14.8. The largest absolute Gasteiger partial charge is 0.442 e. The molecule has 0 aliphatic carbocycles. The predicted molar refractivity (Wildman–Crippen MR) is 120 cm³/mol. The molecule has 158 valence electrons. The number of benzene rings is 1. The third-order valence-electron chi connectivity index (χ3n) is 5.02. The van der Waals surface area contributed by atoms with Crippen LogP contribution in [-0.2, 0) is 4.74 Å². The summed E-state index contributed by atoms with van der Waals surface area (Å²) < 4.78 is 20.2. The molecule has 0 bridgehead atoms. The molecule has 10 heteroatoms. The monoisotopic (exact) mass is 439 g/mol. The zero-order valence-corrected chi connectivity index (χ0v) is 18.2. The van der Waals surface area contributed by atoms with E-state index in [2.05, 4.69) is 10.2 Å². The average molecular weight is 440 g/mol. The number of nitrogens with zero attached hydrogens (tertiary/aromatic N) is 3. The Morgan fingerprint density at radius 1 is 1.34 bits per heavy atom. The van der Waals surface area contributed by atoms with Gasteiger partial charge in [-0.1, -0.05) is 24.4 Å². The molecular weight excluding hydrogens is 413 g/mol. The van der Waals surface area contributed by atoms with E-state index < -0.39 is 6.09 Å². The van der Waals surface area contributed by atoms with Gasteiger partial charge in [-0.15, -0.1) is 0 Å². The molecule has 0 spiro atoms. The second kappa shape index (κ2) is 9.19. The molecule has 3 N–H and O–H groups in total. The second-order valence-electron chi connectivity index (χ2n) is 7.29. The van der Waals surface area contributed by atoms with Crippen LogP contribution in [0.5, 0.6) is 0 Å². The molecule has 1 unspecified atom stereocenters. The number of amides is 1. The number of thiocarbonyl (C=S) groups is 2. The van der Waals surface area contributed by atoms with Crippen LogP contribution < -0.4 is 20.9 Å². The van der Waals surface area contributed by atoms with Crippen LogP contribution in [0, 0.1) is 5.82 Å². The highest BCUT2D eigenvalue weighted by Crippen LogP contribution is 2.28. The summed E-state index contributed by atoms with van der Waals surface area (Å²) in [6, 6.07) is 4.68. The van der Waals surface area contributed by atoms with E-state index in [1.807, 2.05) is 11.8 Å². The molecule has 1 amide bonds. The fourth-order valence-electron chi connectivity index (χ4n) is 3.47. The van der Waals surface area contributed by atoms with E-state index in [9.17, 15) is 9.18 Å². The van der Waals surface area contributed by atoms with Crippen molar-refractivity contribution in [2.24, 2.45) is 5.73 Å². The number of carbonyl (C=O) groups excluding carboxylic acids is 1. The van der Waals surface area contributed by atoms with Crippen molar-refractivity contribution in [3.63, 3.8) is 0 Å². The van der Waals surface area contributed by atoms with Crippen LogP contribution in [0.15, 0.2) is 18.2 Å². The molecule has 0 radical (unpaired) electrons. The van der Waals surface area contributed by atoms with Gasteiger partial charge in [-0.05, 0) is 32.0 Å². The Hall–Kier alpha value is -2.04. The molecule has 0 aromatic heterocycles. The zero-order valence-electron chi connectivity index (χ0n) is 16.6. The molecular formula is C19H26FN5O2S2. The Morgan fingerprint density at radius 3 is 2.62 bits per heavy atom. The summed E-state index contributed by atoms with van der Waals surface area (Å²) in [7, 11) is 0. The minimum absolute atomic E-state index is 0.167. The number of halogens is 1. The number of cyclic esters (lactones) is 1. The van der Waals surface area contributed by atoms with Crippen LogP contribution in [0.25, 0.3) is 0 Å². The zero-order chi connectivity index (χ0) is 21.1. The fraction of sp³-hybridized carbons (Fsp3) is 0.526. The van der Waals surface area contributed by atoms with E-state index >= 15 is 0 Å². The van der Waals surface area contributed by atoms with Crippen molar-refractivity contribution in [2.45, 2.75) is 26.0 Å². The first-order valence-corrected chi connectivity index (χ1v) is 10.4. The van der Waals surface area contributed by atoms with E-state index in [-0.39, 0.29) is 18.0 Å². The van der Waals surface area contributed by atoms with Crippen LogP contribution in [0.1, 0.15) is 13.8 Å². The van der Waals surface area contributed by atoms with Crippen LogP contribution >= 0.6 is 24.4 Å². The van der Waals surface area contributed by atoms with Gasteiger partial charge in [0.05, 0.1) is 40.5 Å². The van der Waals surface area contributed by atoms with E-state index in [0.29, 0.717) is 55.6 Å². The number of carbonyl (C=O) groups is 1. The number of hydrogen-bond donors (Lipinski definition) is 2. The number of ether oxygens (including phenoxy) is 1. The van der Waals surface area contributed by atoms with Gasteiger partial charge in [0, 0.05) is 26.2 Å². The summed E-state index contributed by atoms with van der Waals surface area (Å²) in [4.78, 5) is 19.0. The van der Waals surface area contributed by atoms with Gasteiger partial charge in [-0.25, -0.2) is 9.18 Å². The maximum atomic E-state index is 14.8. The number of anilines is 2. The van der Waals surface area contributed by atoms with Crippen LogP contribution in [0.2, 0.25) is 0 Å². The fourth-order valence-corrected chi connectivity index (χ4v) is 3.74. The van der Waals surface area contributed by atoms with Gasteiger partial charge in [-0.3, -0.25) is 4.90 Å². The molecule has 3 rings (SSSR count). The quantitative estimate of drug-likeness (QED) is 0.674. The highest BCUT2D eigenvalue weighted by molar-refractivity contribution is 7.80. The number of piperazine rings is 1. The summed E-state index contributed by atoms with van der Waals surface area (Å²) >= 11 is 10.3. The van der Waals surface area contributed by atoms with Crippen LogP contribution in [0.4, 0.5) is 20.6 Å². The molecule has 1 aromatic rings. The third kappa shape index (κ3) is 5.12. The van der Waals surface area contributed by atoms with E-state index in [1.165, 1.54) is 11.0 Å². The van der Waals surface area contributed by atoms with Crippen molar-refractivity contribution in [1.82, 2.24) is 10.2 Å². The van der Waals surface area contributed by atoms with Crippen molar-refractivity contribution >= 4 is 51.9 Å². The van der Waals surface area contributed by atoms with Gasteiger partial charge in [0.25, 0.3) is 0 Å². The average Bonchev–Trinajstić information content (AvgIpc) is 3.06. The van der Waals surface area contributed by atoms with E-state index in [0.717, 1.165) is 4.99 Å². The standard InChI is InChI=1S/C19H26FN5O2S2/c1-12(21)18(29)24-7-5-23(6-8-24)17-4-3-14(9-16(17)20)25-11-15(27-19(25)26)10-22-13(2)28/h3-4,9,12,15H,5-8,10-11,21H2,1-2H3,(H,22,28)/t12?,15-/m0/s1. The Bertz CT molecular complexity index is 799. The Balaban J connectivity index is 1.63. The topological polar surface area (TPSA) is 74.1 Å². The number of hydrogen-bond acceptors (Lipinski definition) is 6. The molecule has 2 atom stereocenters. The summed E-state index contributed by atoms with van der Waals surface area (Å²) in [5, 5.41) is 2.99. The lowest BCUT2D eigenvalue weighted by atomic mass is 10.2. The summed E-state index contributed by atoms with van der Waals surface area (Å²) in [5.41, 5.74) is 6.86. The normalized spacial score (nSPS) is 20.5. The van der Waals surface area contributed by atoms with Crippen molar-refractivity contribution < 1.29 is 13.9 Å². The number of nitrogens with two attached hydrogens (primary N) is 1. The Kier molecular flexibility index (Phi) is 6.86. The van der Waals surface area contributed by atoms with Crippen molar-refractivity contribution in [3.05, 3.63) is 24.0 Å².